The first-order valence-electron chi connectivity index (χ1n) is 5.69. The maximum Gasteiger partial charge on any atom is 0.250 e. The molecule has 0 bridgehead atoms. The first-order chi connectivity index (χ1) is 7.54. The zero-order valence-electron chi connectivity index (χ0n) is 11.3. The van der Waals surface area contributed by atoms with Gasteiger partial charge in [0.2, 0.25) is 0 Å². The number of halogens is 2. The summed E-state index contributed by atoms with van der Waals surface area (Å²) in [6.07, 6.45) is 0. The predicted octanol–water partition coefficient (Wildman–Crippen LogP) is 5.90. The van der Waals surface area contributed by atoms with Crippen molar-refractivity contribution >= 4 is 40.2 Å². The van der Waals surface area contributed by atoms with Crippen molar-refractivity contribution in [2.24, 2.45) is 0 Å². The van der Waals surface area contributed by atoms with E-state index in [0.717, 1.165) is 14.7 Å². The number of aryl methyl sites for hydroxylation is 1. The molecule has 0 spiro atoms. The average molecular weight is 380 g/mol. The van der Waals surface area contributed by atoms with E-state index >= 15 is 0 Å². The molecule has 0 aliphatic rings. The highest BCUT2D eigenvalue weighted by atomic mass is 79.9. The molecule has 0 N–H and O–H groups in total. The fourth-order valence-electron chi connectivity index (χ4n) is 1.19. The van der Waals surface area contributed by atoms with E-state index in [-0.39, 0.29) is 5.04 Å². The summed E-state index contributed by atoms with van der Waals surface area (Å²) in [5, 5.41) is 0.205. The summed E-state index contributed by atoms with van der Waals surface area (Å²) in [7, 11) is -1.79. The molecular formula is C13H20Br2OSi. The van der Waals surface area contributed by atoms with Crippen LogP contribution in [0.2, 0.25) is 18.1 Å². The molecule has 1 rings (SSSR count). The predicted molar refractivity (Wildman–Crippen MR) is 84.4 cm³/mol. The maximum atomic E-state index is 6.33. The molecule has 0 atom stereocenters. The van der Waals surface area contributed by atoms with Crippen molar-refractivity contribution in [3.63, 3.8) is 0 Å². The van der Waals surface area contributed by atoms with E-state index in [4.69, 9.17) is 4.43 Å². The molecule has 0 saturated carbocycles. The number of hydrogen-bond donors (Lipinski definition) is 0. The van der Waals surface area contributed by atoms with Gasteiger partial charge in [-0.05, 0) is 74.6 Å². The zero-order valence-corrected chi connectivity index (χ0v) is 15.5. The first-order valence-corrected chi connectivity index (χ1v) is 10.2. The van der Waals surface area contributed by atoms with Gasteiger partial charge < -0.3 is 4.43 Å². The molecule has 0 amide bonds. The Hall–Kier alpha value is 0.197. The van der Waals surface area contributed by atoms with Crippen LogP contribution in [0.25, 0.3) is 0 Å². The second kappa shape index (κ2) is 5.06. The molecule has 0 heterocycles. The molecular weight excluding hydrogens is 360 g/mol. The molecule has 96 valence electrons. The van der Waals surface area contributed by atoms with E-state index in [0.29, 0.717) is 0 Å². The van der Waals surface area contributed by atoms with Gasteiger partial charge in [0.25, 0.3) is 8.32 Å². The van der Waals surface area contributed by atoms with Crippen LogP contribution in [-0.2, 0) is 0 Å². The average Bonchev–Trinajstić information content (AvgIpc) is 2.09. The van der Waals surface area contributed by atoms with Crippen LogP contribution in [0.15, 0.2) is 21.1 Å². The van der Waals surface area contributed by atoms with Crippen LogP contribution in [0.3, 0.4) is 0 Å². The molecule has 17 heavy (non-hydrogen) atoms. The lowest BCUT2D eigenvalue weighted by Crippen LogP contribution is -2.44. The normalized spacial score (nSPS) is 12.7. The third kappa shape index (κ3) is 3.58. The zero-order chi connectivity index (χ0) is 13.4. The van der Waals surface area contributed by atoms with Crippen molar-refractivity contribution in [2.75, 3.05) is 0 Å². The molecule has 1 aromatic rings. The number of rotatable bonds is 2. The summed E-state index contributed by atoms with van der Waals surface area (Å²) in [6, 6.07) is 4.18. The Bertz CT molecular complexity index is 399. The minimum absolute atomic E-state index is 0.205. The van der Waals surface area contributed by atoms with E-state index < -0.39 is 8.32 Å². The molecule has 0 fully saturated rings. The third-order valence-electron chi connectivity index (χ3n) is 3.31. The Morgan fingerprint density at radius 3 is 1.82 bits per heavy atom. The summed E-state index contributed by atoms with van der Waals surface area (Å²) in [6.45, 7) is 13.3. The number of benzene rings is 1. The fourth-order valence-corrected chi connectivity index (χ4v) is 4.10. The van der Waals surface area contributed by atoms with Crippen LogP contribution in [-0.4, -0.2) is 8.32 Å². The monoisotopic (exact) mass is 378 g/mol. The van der Waals surface area contributed by atoms with E-state index in [1.807, 2.05) is 0 Å². The SMILES string of the molecule is Cc1cc(Br)c(O[Si](C)(C)C(C)(C)C)c(Br)c1. The van der Waals surface area contributed by atoms with Gasteiger partial charge in [0.15, 0.2) is 0 Å². The van der Waals surface area contributed by atoms with Gasteiger partial charge in [-0.2, -0.15) is 0 Å². The highest BCUT2D eigenvalue weighted by Crippen LogP contribution is 2.42. The molecule has 0 aliphatic heterocycles. The van der Waals surface area contributed by atoms with Crippen LogP contribution in [0.4, 0.5) is 0 Å². The molecule has 0 aliphatic carbocycles. The summed E-state index contributed by atoms with van der Waals surface area (Å²) < 4.78 is 8.37. The lowest BCUT2D eigenvalue weighted by Gasteiger charge is -2.37. The van der Waals surface area contributed by atoms with Gasteiger partial charge in [0.05, 0.1) is 8.95 Å². The second-order valence-electron chi connectivity index (χ2n) is 5.92. The topological polar surface area (TPSA) is 9.23 Å². The van der Waals surface area contributed by atoms with Gasteiger partial charge in [-0.1, -0.05) is 20.8 Å². The minimum Gasteiger partial charge on any atom is -0.542 e. The molecule has 1 nitrogen and oxygen atoms in total. The van der Waals surface area contributed by atoms with Crippen LogP contribution in [0.1, 0.15) is 26.3 Å². The summed E-state index contributed by atoms with van der Waals surface area (Å²) in [4.78, 5) is 0. The van der Waals surface area contributed by atoms with Gasteiger partial charge in [0.1, 0.15) is 5.75 Å². The van der Waals surface area contributed by atoms with E-state index in [1.54, 1.807) is 0 Å². The third-order valence-corrected chi connectivity index (χ3v) is 8.81. The summed E-state index contributed by atoms with van der Waals surface area (Å²) in [5.74, 6) is 0.933. The quantitative estimate of drug-likeness (QED) is 0.580. The van der Waals surface area contributed by atoms with Gasteiger partial charge in [0, 0.05) is 0 Å². The lowest BCUT2D eigenvalue weighted by molar-refractivity contribution is 0.487. The Labute approximate surface area is 122 Å². The van der Waals surface area contributed by atoms with Gasteiger partial charge >= 0.3 is 0 Å². The summed E-state index contributed by atoms with van der Waals surface area (Å²) in [5.41, 5.74) is 1.21. The fraction of sp³-hybridized carbons (Fsp3) is 0.538. The first kappa shape index (κ1) is 15.3. The van der Waals surface area contributed by atoms with Crippen molar-refractivity contribution < 1.29 is 4.43 Å². The molecule has 0 saturated heterocycles. The molecule has 0 radical (unpaired) electrons. The molecule has 0 aromatic heterocycles. The van der Waals surface area contributed by atoms with Gasteiger partial charge in [-0.25, -0.2) is 0 Å². The van der Waals surface area contributed by atoms with Gasteiger partial charge in [-0.3, -0.25) is 0 Å². The Morgan fingerprint density at radius 1 is 1.06 bits per heavy atom. The maximum absolute atomic E-state index is 6.33. The largest absolute Gasteiger partial charge is 0.542 e. The van der Waals surface area contributed by atoms with Gasteiger partial charge in [-0.15, -0.1) is 0 Å². The lowest BCUT2D eigenvalue weighted by atomic mass is 10.2. The minimum atomic E-state index is -1.79. The van der Waals surface area contributed by atoms with Crippen LogP contribution < -0.4 is 4.43 Å². The van der Waals surface area contributed by atoms with Crippen molar-refractivity contribution in [3.8, 4) is 5.75 Å². The van der Waals surface area contributed by atoms with Crippen molar-refractivity contribution in [3.05, 3.63) is 26.6 Å². The second-order valence-corrected chi connectivity index (χ2v) is 12.4. The van der Waals surface area contributed by atoms with Crippen molar-refractivity contribution in [1.29, 1.82) is 0 Å². The van der Waals surface area contributed by atoms with Crippen LogP contribution >= 0.6 is 31.9 Å². The van der Waals surface area contributed by atoms with E-state index in [9.17, 15) is 0 Å². The smallest absolute Gasteiger partial charge is 0.250 e. The van der Waals surface area contributed by atoms with Crippen molar-refractivity contribution in [1.82, 2.24) is 0 Å². The Morgan fingerprint density at radius 2 is 1.47 bits per heavy atom. The van der Waals surface area contributed by atoms with Crippen LogP contribution in [0, 0.1) is 6.92 Å². The molecule has 0 unspecified atom stereocenters. The summed E-state index contributed by atoms with van der Waals surface area (Å²) >= 11 is 7.17. The van der Waals surface area contributed by atoms with Crippen molar-refractivity contribution in [2.45, 2.75) is 45.8 Å². The van der Waals surface area contributed by atoms with E-state index in [2.05, 4.69) is 84.8 Å². The Kier molecular flexibility index (Phi) is 4.54. The molecule has 1 aromatic carbocycles. The van der Waals surface area contributed by atoms with E-state index in [1.165, 1.54) is 5.56 Å². The highest BCUT2D eigenvalue weighted by Gasteiger charge is 2.39. The standard InChI is InChI=1S/C13H20Br2OSi/c1-9-7-10(14)12(11(15)8-9)16-17(5,6)13(2,3)4/h7-8H,1-6H3. The Balaban J connectivity index is 3.13. The highest BCUT2D eigenvalue weighted by molar-refractivity contribution is 9.11. The van der Waals surface area contributed by atoms with Crippen LogP contribution in [0.5, 0.6) is 5.75 Å². The molecule has 4 heteroatoms. The number of hydrogen-bond acceptors (Lipinski definition) is 1.